The maximum atomic E-state index is 14.0. The van der Waals surface area contributed by atoms with E-state index < -0.39 is 35.2 Å². The molecule has 0 bridgehead atoms. The smallest absolute Gasteiger partial charge is 0.400 e. The fourth-order valence-corrected chi connectivity index (χ4v) is 3.97. The van der Waals surface area contributed by atoms with Crippen LogP contribution in [0.2, 0.25) is 0 Å². The summed E-state index contributed by atoms with van der Waals surface area (Å²) >= 11 is -0.208. The van der Waals surface area contributed by atoms with Gasteiger partial charge in [0.1, 0.15) is 5.75 Å². The third kappa shape index (κ3) is 3.92. The summed E-state index contributed by atoms with van der Waals surface area (Å²) in [5, 5.41) is 0. The molecule has 0 spiro atoms. The second-order valence-electron chi connectivity index (χ2n) is 4.97. The highest BCUT2D eigenvalue weighted by atomic mass is 127. The second kappa shape index (κ2) is 6.58. The number of benzene rings is 1. The van der Waals surface area contributed by atoms with Gasteiger partial charge < -0.3 is 4.74 Å². The predicted molar refractivity (Wildman–Crippen MR) is 78.8 cm³/mol. The standard InChI is InChI=1S/C14H14F5IO/c1-20-9-4-2-8(3-5-9)14(18,19)21-10-6-11(15)13(17)12(16)7-10/h6-9H,1-5H2. The Labute approximate surface area is 129 Å². The first kappa shape index (κ1) is 16.6. The van der Waals surface area contributed by atoms with Crippen LogP contribution in [0.25, 0.3) is 0 Å². The molecule has 0 heterocycles. The van der Waals surface area contributed by atoms with Crippen molar-refractivity contribution in [2.24, 2.45) is 5.92 Å². The number of halogens is 6. The molecule has 1 aliphatic rings. The largest absolute Gasteiger partial charge is 0.432 e. The van der Waals surface area contributed by atoms with Gasteiger partial charge in [-0.15, -0.1) is 20.7 Å². The van der Waals surface area contributed by atoms with Crippen LogP contribution in [0.5, 0.6) is 5.75 Å². The summed E-state index contributed by atoms with van der Waals surface area (Å²) in [4.78, 5) is 0. The highest BCUT2D eigenvalue weighted by molar-refractivity contribution is 14.2. The van der Waals surface area contributed by atoms with Crippen molar-refractivity contribution in [2.45, 2.75) is 35.7 Å². The highest BCUT2D eigenvalue weighted by Crippen LogP contribution is 2.41. The van der Waals surface area contributed by atoms with Crippen molar-refractivity contribution in [1.29, 1.82) is 0 Å². The van der Waals surface area contributed by atoms with Crippen molar-refractivity contribution < 1.29 is 26.7 Å². The van der Waals surface area contributed by atoms with Gasteiger partial charge in [-0.05, 0) is 25.7 Å². The summed E-state index contributed by atoms with van der Waals surface area (Å²) in [6, 6.07) is 0.860. The quantitative estimate of drug-likeness (QED) is 0.287. The summed E-state index contributed by atoms with van der Waals surface area (Å²) in [7, 11) is 0. The average Bonchev–Trinajstić information content (AvgIpc) is 2.44. The first-order chi connectivity index (χ1) is 9.83. The molecule has 0 aliphatic heterocycles. The van der Waals surface area contributed by atoms with Gasteiger partial charge in [-0.25, -0.2) is 13.2 Å². The highest BCUT2D eigenvalue weighted by Gasteiger charge is 2.44. The third-order valence-corrected chi connectivity index (χ3v) is 6.05. The number of alkyl halides is 3. The molecule has 0 N–H and O–H groups in total. The zero-order chi connectivity index (χ0) is 15.6. The molecule has 1 aliphatic carbocycles. The van der Waals surface area contributed by atoms with Gasteiger partial charge in [0.05, 0.1) is 5.92 Å². The Morgan fingerprint density at radius 3 is 2.05 bits per heavy atom. The van der Waals surface area contributed by atoms with Crippen LogP contribution in [0.4, 0.5) is 22.0 Å². The van der Waals surface area contributed by atoms with Crippen LogP contribution in [0.15, 0.2) is 12.1 Å². The summed E-state index contributed by atoms with van der Waals surface area (Å²) in [6.45, 7) is 0. The zero-order valence-electron chi connectivity index (χ0n) is 11.0. The summed E-state index contributed by atoms with van der Waals surface area (Å²) in [5.41, 5.74) is 0. The van der Waals surface area contributed by atoms with E-state index in [-0.39, 0.29) is 20.7 Å². The van der Waals surface area contributed by atoms with Crippen molar-refractivity contribution in [1.82, 2.24) is 0 Å². The topological polar surface area (TPSA) is 9.23 Å². The van der Waals surface area contributed by atoms with Crippen LogP contribution in [0, 0.1) is 23.4 Å². The van der Waals surface area contributed by atoms with E-state index >= 15 is 0 Å². The maximum absolute atomic E-state index is 14.0. The number of hydrogen-bond donors (Lipinski definition) is 0. The fourth-order valence-electron chi connectivity index (χ4n) is 2.37. The lowest BCUT2D eigenvalue weighted by Crippen LogP contribution is -2.37. The van der Waals surface area contributed by atoms with Crippen LogP contribution < -0.4 is 4.74 Å². The van der Waals surface area contributed by atoms with Crippen LogP contribution in [-0.2, 0) is 0 Å². The monoisotopic (exact) mass is 420 g/mol. The molecule has 0 amide bonds. The molecule has 0 aromatic heterocycles. The van der Waals surface area contributed by atoms with Crippen molar-refractivity contribution >= 4 is 25.2 Å². The molecule has 0 saturated heterocycles. The average molecular weight is 420 g/mol. The van der Waals surface area contributed by atoms with Gasteiger partial charge in [0.2, 0.25) is 0 Å². The van der Waals surface area contributed by atoms with Crippen LogP contribution in [0.1, 0.15) is 25.7 Å². The lowest BCUT2D eigenvalue weighted by atomic mass is 9.88. The number of hydrogen-bond acceptors (Lipinski definition) is 1. The van der Waals surface area contributed by atoms with E-state index in [9.17, 15) is 22.0 Å². The molecular weight excluding hydrogens is 406 g/mol. The molecule has 1 aromatic rings. The Morgan fingerprint density at radius 1 is 1.05 bits per heavy atom. The lowest BCUT2D eigenvalue weighted by Gasteiger charge is -2.32. The second-order valence-corrected chi connectivity index (χ2v) is 7.61. The molecule has 118 valence electrons. The summed E-state index contributed by atoms with van der Waals surface area (Å²) in [6.07, 6.45) is -1.60. The SMILES string of the molecule is C=IC1CCC(C(F)(F)Oc2cc(F)c(F)c(F)c2)CC1. The van der Waals surface area contributed by atoms with Crippen LogP contribution >= 0.6 is 20.7 Å². The van der Waals surface area contributed by atoms with Crippen LogP contribution in [0.3, 0.4) is 0 Å². The van der Waals surface area contributed by atoms with Gasteiger partial charge in [-0.2, -0.15) is 8.78 Å². The van der Waals surface area contributed by atoms with E-state index in [1.807, 2.05) is 0 Å². The van der Waals surface area contributed by atoms with Crippen molar-refractivity contribution in [3.8, 4) is 5.75 Å². The molecule has 0 unspecified atom stereocenters. The zero-order valence-corrected chi connectivity index (χ0v) is 13.2. The van der Waals surface area contributed by atoms with Crippen molar-refractivity contribution in [2.75, 3.05) is 0 Å². The first-order valence-electron chi connectivity index (χ1n) is 6.42. The van der Waals surface area contributed by atoms with E-state index in [0.717, 1.165) is 0 Å². The van der Waals surface area contributed by atoms with E-state index in [0.29, 0.717) is 41.7 Å². The fraction of sp³-hybridized carbons (Fsp3) is 0.500. The van der Waals surface area contributed by atoms with E-state index in [2.05, 4.69) is 9.25 Å². The predicted octanol–water partition coefficient (Wildman–Crippen LogP) is 5.04. The Kier molecular flexibility index (Phi) is 5.21. The molecule has 0 atom stereocenters. The minimum absolute atomic E-state index is 0.208. The molecular formula is C14H14F5IO. The molecule has 2 rings (SSSR count). The van der Waals surface area contributed by atoms with Gasteiger partial charge in [0.15, 0.2) is 17.5 Å². The van der Waals surface area contributed by atoms with E-state index in [1.165, 1.54) is 0 Å². The first-order valence-corrected chi connectivity index (χ1v) is 9.19. The Hall–Kier alpha value is -0.730. The number of rotatable bonds is 4. The Bertz CT molecular complexity index is 503. The van der Waals surface area contributed by atoms with Gasteiger partial charge in [-0.3, -0.25) is 0 Å². The normalized spacial score (nSPS) is 23.1. The molecule has 1 nitrogen and oxygen atoms in total. The minimum Gasteiger partial charge on any atom is -0.432 e. The molecule has 1 saturated carbocycles. The maximum Gasteiger partial charge on any atom is 0.400 e. The molecule has 1 aromatic carbocycles. The van der Waals surface area contributed by atoms with Gasteiger partial charge in [-0.1, -0.05) is 4.51 Å². The molecule has 1 fully saturated rings. The Morgan fingerprint density at radius 2 is 1.57 bits per heavy atom. The van der Waals surface area contributed by atoms with Gasteiger partial charge in [0.25, 0.3) is 0 Å². The lowest BCUT2D eigenvalue weighted by molar-refractivity contribution is -0.221. The number of ether oxygens (including phenoxy) is 1. The summed E-state index contributed by atoms with van der Waals surface area (Å²) < 4.78 is 75.6. The minimum atomic E-state index is -3.53. The van der Waals surface area contributed by atoms with Crippen molar-refractivity contribution in [3.63, 3.8) is 0 Å². The summed E-state index contributed by atoms with van der Waals surface area (Å²) in [5.74, 6) is -6.51. The van der Waals surface area contributed by atoms with Crippen LogP contribution in [-0.4, -0.2) is 14.5 Å². The van der Waals surface area contributed by atoms with Gasteiger partial charge >= 0.3 is 6.11 Å². The third-order valence-electron chi connectivity index (χ3n) is 3.56. The van der Waals surface area contributed by atoms with Gasteiger partial charge in [0, 0.05) is 16.1 Å². The van der Waals surface area contributed by atoms with E-state index in [1.54, 1.807) is 0 Å². The molecule has 7 heteroatoms. The molecule has 0 radical (unpaired) electrons. The molecule has 21 heavy (non-hydrogen) atoms. The van der Waals surface area contributed by atoms with E-state index in [4.69, 9.17) is 0 Å². The van der Waals surface area contributed by atoms with Crippen molar-refractivity contribution in [3.05, 3.63) is 29.6 Å². The Balaban J connectivity index is 2.09.